The molecule has 1 amide bonds. The summed E-state index contributed by atoms with van der Waals surface area (Å²) < 4.78 is 0. The highest BCUT2D eigenvalue weighted by molar-refractivity contribution is 7.12. The number of thiophene rings is 1. The van der Waals surface area contributed by atoms with Crippen LogP contribution in [-0.4, -0.2) is 16.7 Å². The number of carbonyl (C=O) groups excluding carboxylic acids is 2. The molecule has 0 spiro atoms. The fraction of sp³-hybridized carbons (Fsp3) is 0.118. The predicted octanol–water partition coefficient (Wildman–Crippen LogP) is 4.25. The number of amides is 1. The number of Topliss-reactive ketones (excluding diaryl/α,β-unsaturated/α-hetero) is 1. The second-order valence-corrected chi connectivity index (χ2v) is 6.59. The standard InChI is InChI=1S/C17H14N2O2S2/c1-12(20)13-7-16(23-9-13)17(21)19(8-14-10-22-11-18-14)15-5-3-2-4-6-15/h2-7,9-11H,8H2,1H3. The van der Waals surface area contributed by atoms with Crippen molar-refractivity contribution in [3.63, 3.8) is 0 Å². The molecule has 3 rings (SSSR count). The van der Waals surface area contributed by atoms with Gasteiger partial charge in [-0.1, -0.05) is 18.2 Å². The molecule has 0 aliphatic heterocycles. The van der Waals surface area contributed by atoms with Crippen LogP contribution in [0.25, 0.3) is 0 Å². The number of thiazole rings is 1. The van der Waals surface area contributed by atoms with Crippen LogP contribution in [0.4, 0.5) is 5.69 Å². The van der Waals surface area contributed by atoms with E-state index < -0.39 is 0 Å². The summed E-state index contributed by atoms with van der Waals surface area (Å²) in [6.45, 7) is 1.90. The first-order chi connectivity index (χ1) is 11.1. The van der Waals surface area contributed by atoms with E-state index in [1.54, 1.807) is 21.9 Å². The maximum absolute atomic E-state index is 12.9. The molecule has 4 nitrogen and oxygen atoms in total. The third kappa shape index (κ3) is 3.55. The minimum absolute atomic E-state index is 0.0361. The molecule has 0 radical (unpaired) electrons. The lowest BCUT2D eigenvalue weighted by atomic mass is 10.2. The molecular formula is C17H14N2O2S2. The number of anilines is 1. The molecule has 23 heavy (non-hydrogen) atoms. The third-order valence-corrected chi connectivity index (χ3v) is 4.89. The number of carbonyl (C=O) groups is 2. The Hall–Kier alpha value is -2.31. The number of hydrogen-bond acceptors (Lipinski definition) is 5. The van der Waals surface area contributed by atoms with Crippen LogP contribution in [0.2, 0.25) is 0 Å². The molecule has 6 heteroatoms. The van der Waals surface area contributed by atoms with Crippen molar-refractivity contribution in [3.8, 4) is 0 Å². The number of nitrogens with zero attached hydrogens (tertiary/aromatic N) is 2. The predicted molar refractivity (Wildman–Crippen MR) is 93.4 cm³/mol. The van der Waals surface area contributed by atoms with E-state index in [9.17, 15) is 9.59 Å². The lowest BCUT2D eigenvalue weighted by molar-refractivity contribution is 0.0988. The van der Waals surface area contributed by atoms with Gasteiger partial charge in [0, 0.05) is 22.0 Å². The largest absolute Gasteiger partial charge is 0.302 e. The van der Waals surface area contributed by atoms with Gasteiger partial charge in [-0.15, -0.1) is 22.7 Å². The van der Waals surface area contributed by atoms with Crippen molar-refractivity contribution in [1.82, 2.24) is 4.98 Å². The molecule has 0 N–H and O–H groups in total. The Morgan fingerprint density at radius 1 is 1.17 bits per heavy atom. The Bertz CT molecular complexity index is 810. The third-order valence-electron chi connectivity index (χ3n) is 3.33. The monoisotopic (exact) mass is 342 g/mol. The van der Waals surface area contributed by atoms with Crippen molar-refractivity contribution in [3.05, 3.63) is 68.8 Å². The Morgan fingerprint density at radius 3 is 2.57 bits per heavy atom. The van der Waals surface area contributed by atoms with Crippen LogP contribution in [0.5, 0.6) is 0 Å². The van der Waals surface area contributed by atoms with Gasteiger partial charge in [-0.3, -0.25) is 9.59 Å². The molecule has 0 unspecified atom stereocenters. The van der Waals surface area contributed by atoms with Crippen molar-refractivity contribution in [2.45, 2.75) is 13.5 Å². The van der Waals surface area contributed by atoms with Gasteiger partial charge in [0.25, 0.3) is 5.91 Å². The summed E-state index contributed by atoms with van der Waals surface area (Å²) in [5, 5.41) is 3.65. The van der Waals surface area contributed by atoms with Crippen LogP contribution in [0, 0.1) is 0 Å². The van der Waals surface area contributed by atoms with Gasteiger partial charge in [-0.25, -0.2) is 4.98 Å². The number of benzene rings is 1. The van der Waals surface area contributed by atoms with Gasteiger partial charge in [0.15, 0.2) is 5.78 Å². The molecule has 1 aromatic carbocycles. The molecule has 116 valence electrons. The van der Waals surface area contributed by atoms with Gasteiger partial charge in [0.2, 0.25) is 0 Å². The highest BCUT2D eigenvalue weighted by Crippen LogP contribution is 2.23. The smallest absolute Gasteiger partial charge is 0.268 e. The molecule has 0 saturated carbocycles. The Balaban J connectivity index is 1.93. The zero-order valence-electron chi connectivity index (χ0n) is 12.4. The number of para-hydroxylation sites is 1. The van der Waals surface area contributed by atoms with E-state index in [0.717, 1.165) is 11.4 Å². The van der Waals surface area contributed by atoms with Gasteiger partial charge in [0.05, 0.1) is 22.6 Å². The van der Waals surface area contributed by atoms with E-state index in [0.29, 0.717) is 17.0 Å². The van der Waals surface area contributed by atoms with Crippen molar-refractivity contribution in [2.24, 2.45) is 0 Å². The zero-order chi connectivity index (χ0) is 16.2. The molecule has 0 fully saturated rings. The van der Waals surface area contributed by atoms with E-state index in [1.165, 1.54) is 29.6 Å². The van der Waals surface area contributed by atoms with Crippen molar-refractivity contribution in [2.75, 3.05) is 4.90 Å². The Labute approximate surface area is 142 Å². The fourth-order valence-corrected chi connectivity index (χ4v) is 3.58. The van der Waals surface area contributed by atoms with Crippen molar-refractivity contribution < 1.29 is 9.59 Å². The van der Waals surface area contributed by atoms with Gasteiger partial charge >= 0.3 is 0 Å². The Kier molecular flexibility index (Phi) is 4.64. The summed E-state index contributed by atoms with van der Waals surface area (Å²) in [5.41, 5.74) is 3.97. The van der Waals surface area contributed by atoms with E-state index in [1.807, 2.05) is 35.7 Å². The number of hydrogen-bond donors (Lipinski definition) is 0. The zero-order valence-corrected chi connectivity index (χ0v) is 14.1. The van der Waals surface area contributed by atoms with E-state index >= 15 is 0 Å². The maximum Gasteiger partial charge on any atom is 0.268 e. The summed E-state index contributed by atoms with van der Waals surface area (Å²) in [6.07, 6.45) is 0. The molecule has 2 aromatic heterocycles. The van der Waals surface area contributed by atoms with Gasteiger partial charge < -0.3 is 4.90 Å². The first-order valence-electron chi connectivity index (χ1n) is 6.98. The summed E-state index contributed by atoms with van der Waals surface area (Å²) in [4.78, 5) is 30.9. The second kappa shape index (κ2) is 6.85. The van der Waals surface area contributed by atoms with E-state index in [4.69, 9.17) is 0 Å². The highest BCUT2D eigenvalue weighted by atomic mass is 32.1. The van der Waals surface area contributed by atoms with Crippen LogP contribution in [0.15, 0.2) is 52.7 Å². The summed E-state index contributed by atoms with van der Waals surface area (Å²) in [7, 11) is 0. The maximum atomic E-state index is 12.9. The lowest BCUT2D eigenvalue weighted by Gasteiger charge is -2.21. The minimum atomic E-state index is -0.123. The van der Waals surface area contributed by atoms with E-state index in [2.05, 4.69) is 4.98 Å². The number of rotatable bonds is 5. The molecule has 2 heterocycles. The fourth-order valence-electron chi connectivity index (χ4n) is 2.13. The number of ketones is 1. The van der Waals surface area contributed by atoms with Gasteiger partial charge in [0.1, 0.15) is 0 Å². The molecule has 3 aromatic rings. The summed E-state index contributed by atoms with van der Waals surface area (Å²) in [6, 6.07) is 11.1. The van der Waals surface area contributed by atoms with Crippen molar-refractivity contribution in [1.29, 1.82) is 0 Å². The summed E-state index contributed by atoms with van der Waals surface area (Å²) in [5.74, 6) is -0.159. The van der Waals surface area contributed by atoms with Crippen molar-refractivity contribution >= 4 is 40.1 Å². The number of aromatic nitrogens is 1. The summed E-state index contributed by atoms with van der Waals surface area (Å²) >= 11 is 2.79. The average molecular weight is 342 g/mol. The van der Waals surface area contributed by atoms with Gasteiger partial charge in [-0.05, 0) is 25.1 Å². The second-order valence-electron chi connectivity index (χ2n) is 4.96. The van der Waals surface area contributed by atoms with Crippen LogP contribution < -0.4 is 4.90 Å². The SMILES string of the molecule is CC(=O)c1csc(C(=O)N(Cc2cscn2)c2ccccc2)c1. The first kappa shape index (κ1) is 15.6. The van der Waals surface area contributed by atoms with Crippen LogP contribution in [-0.2, 0) is 6.54 Å². The Morgan fingerprint density at radius 2 is 1.96 bits per heavy atom. The lowest BCUT2D eigenvalue weighted by Crippen LogP contribution is -2.29. The normalized spacial score (nSPS) is 10.5. The molecule has 0 aliphatic carbocycles. The molecule has 0 bridgehead atoms. The van der Waals surface area contributed by atoms with Crippen LogP contribution in [0.3, 0.4) is 0 Å². The highest BCUT2D eigenvalue weighted by Gasteiger charge is 2.21. The molecule has 0 aliphatic rings. The molecule has 0 atom stereocenters. The molecular weight excluding hydrogens is 328 g/mol. The van der Waals surface area contributed by atoms with Crippen LogP contribution >= 0.6 is 22.7 Å². The molecule has 0 saturated heterocycles. The first-order valence-corrected chi connectivity index (χ1v) is 8.81. The average Bonchev–Trinajstić information content (AvgIpc) is 3.24. The van der Waals surface area contributed by atoms with Gasteiger partial charge in [-0.2, -0.15) is 0 Å². The van der Waals surface area contributed by atoms with E-state index in [-0.39, 0.29) is 11.7 Å². The minimum Gasteiger partial charge on any atom is -0.302 e. The topological polar surface area (TPSA) is 50.3 Å². The quantitative estimate of drug-likeness (QED) is 0.651. The van der Waals surface area contributed by atoms with Crippen LogP contribution in [0.1, 0.15) is 32.6 Å².